The summed E-state index contributed by atoms with van der Waals surface area (Å²) in [6.45, 7) is 1.78. The molecule has 162 valence electrons. The van der Waals surface area contributed by atoms with E-state index < -0.39 is 5.69 Å². The maximum Gasteiger partial charge on any atom is 0.338 e. The molecule has 2 aromatic carbocycles. The van der Waals surface area contributed by atoms with E-state index in [1.54, 1.807) is 18.1 Å². The first-order valence-corrected chi connectivity index (χ1v) is 10.6. The van der Waals surface area contributed by atoms with E-state index in [0.717, 1.165) is 24.0 Å². The first-order chi connectivity index (χ1) is 15.6. The molecule has 32 heavy (non-hydrogen) atoms. The van der Waals surface area contributed by atoms with Crippen molar-refractivity contribution in [3.63, 3.8) is 0 Å². The summed E-state index contributed by atoms with van der Waals surface area (Å²) in [5, 5.41) is 0. The Morgan fingerprint density at radius 2 is 1.84 bits per heavy atom. The molecule has 8 heteroatoms. The Balaban J connectivity index is 1.46. The molecule has 1 aliphatic heterocycles. The van der Waals surface area contributed by atoms with Crippen LogP contribution in [-0.2, 0) is 13.7 Å². The van der Waals surface area contributed by atoms with Gasteiger partial charge in [0.2, 0.25) is 0 Å². The number of hydrogen-bond acceptors (Lipinski definition) is 5. The van der Waals surface area contributed by atoms with Gasteiger partial charge < -0.3 is 9.64 Å². The fourth-order valence-electron chi connectivity index (χ4n) is 3.95. The van der Waals surface area contributed by atoms with Crippen molar-refractivity contribution in [1.82, 2.24) is 24.0 Å². The Bertz CT molecular complexity index is 1340. The molecule has 1 fully saturated rings. The number of amides is 1. The van der Waals surface area contributed by atoms with Gasteiger partial charge in [0.25, 0.3) is 0 Å². The molecule has 0 unspecified atom stereocenters. The monoisotopic (exact) mass is 429 g/mol. The Morgan fingerprint density at radius 1 is 1.06 bits per heavy atom. The number of imidazole rings is 1. The van der Waals surface area contributed by atoms with Gasteiger partial charge in [-0.15, -0.1) is 0 Å². The third kappa shape index (κ3) is 3.64. The SMILES string of the molecule is Cn1c(=O)n(C(=O)N2CCCC2)c2cnc(-c3cccc(OCc4ccccc4)c3)nc21. The second-order valence-corrected chi connectivity index (χ2v) is 7.86. The van der Waals surface area contributed by atoms with Crippen molar-refractivity contribution in [2.75, 3.05) is 13.1 Å². The number of fused-ring (bicyclic) bond motifs is 1. The number of carbonyl (C=O) groups excluding carboxylic acids is 1. The summed E-state index contributed by atoms with van der Waals surface area (Å²) >= 11 is 0. The second-order valence-electron chi connectivity index (χ2n) is 7.86. The van der Waals surface area contributed by atoms with E-state index in [9.17, 15) is 9.59 Å². The molecule has 1 aliphatic rings. The van der Waals surface area contributed by atoms with Gasteiger partial charge in [0.1, 0.15) is 17.9 Å². The van der Waals surface area contributed by atoms with Crippen molar-refractivity contribution >= 4 is 17.2 Å². The predicted molar refractivity (Wildman–Crippen MR) is 121 cm³/mol. The van der Waals surface area contributed by atoms with Gasteiger partial charge in [-0.05, 0) is 30.5 Å². The average molecular weight is 429 g/mol. The van der Waals surface area contributed by atoms with Crippen LogP contribution in [0.15, 0.2) is 65.6 Å². The standard InChI is InChI=1S/C24H23N5O3/c1-27-22-20(29(23(27)30)24(31)28-12-5-6-13-28)15-25-21(26-22)18-10-7-11-19(14-18)32-16-17-8-3-2-4-9-17/h2-4,7-11,14-15H,5-6,12-13,16H2,1H3. The molecule has 2 aromatic heterocycles. The molecule has 1 amide bonds. The molecule has 3 heterocycles. The highest BCUT2D eigenvalue weighted by atomic mass is 16.5. The van der Waals surface area contributed by atoms with E-state index >= 15 is 0 Å². The van der Waals surface area contributed by atoms with Crippen molar-refractivity contribution in [2.45, 2.75) is 19.4 Å². The van der Waals surface area contributed by atoms with Crippen LogP contribution in [0.25, 0.3) is 22.6 Å². The van der Waals surface area contributed by atoms with Crippen LogP contribution in [0.3, 0.4) is 0 Å². The zero-order valence-electron chi connectivity index (χ0n) is 17.8. The smallest absolute Gasteiger partial charge is 0.338 e. The van der Waals surface area contributed by atoms with Crippen LogP contribution < -0.4 is 10.4 Å². The molecule has 0 spiro atoms. The van der Waals surface area contributed by atoms with Gasteiger partial charge in [0, 0.05) is 25.7 Å². The molecule has 1 saturated heterocycles. The van der Waals surface area contributed by atoms with Crippen LogP contribution in [0.2, 0.25) is 0 Å². The number of hydrogen-bond donors (Lipinski definition) is 0. The lowest BCUT2D eigenvalue weighted by molar-refractivity contribution is 0.210. The highest BCUT2D eigenvalue weighted by Gasteiger charge is 2.25. The second kappa shape index (κ2) is 8.30. The zero-order chi connectivity index (χ0) is 22.1. The summed E-state index contributed by atoms with van der Waals surface area (Å²) in [7, 11) is 1.62. The summed E-state index contributed by atoms with van der Waals surface area (Å²) in [6.07, 6.45) is 3.45. The minimum absolute atomic E-state index is 0.314. The maximum absolute atomic E-state index is 12.9. The van der Waals surface area contributed by atoms with E-state index in [1.165, 1.54) is 9.13 Å². The summed E-state index contributed by atoms with van der Waals surface area (Å²) in [4.78, 5) is 36.4. The van der Waals surface area contributed by atoms with E-state index in [-0.39, 0.29) is 6.03 Å². The lowest BCUT2D eigenvalue weighted by Crippen LogP contribution is -2.38. The molecule has 0 radical (unpaired) electrons. The minimum Gasteiger partial charge on any atom is -0.489 e. The number of aromatic nitrogens is 4. The van der Waals surface area contributed by atoms with E-state index in [4.69, 9.17) is 4.74 Å². The highest BCUT2D eigenvalue weighted by Crippen LogP contribution is 2.23. The molecule has 8 nitrogen and oxygen atoms in total. The maximum atomic E-state index is 12.9. The number of benzene rings is 2. The van der Waals surface area contributed by atoms with Crippen LogP contribution in [-0.4, -0.2) is 43.1 Å². The lowest BCUT2D eigenvalue weighted by Gasteiger charge is -2.14. The minimum atomic E-state index is -0.414. The first-order valence-electron chi connectivity index (χ1n) is 10.6. The zero-order valence-corrected chi connectivity index (χ0v) is 17.8. The third-order valence-electron chi connectivity index (χ3n) is 5.70. The number of ether oxygens (including phenoxy) is 1. The normalized spacial score (nSPS) is 13.6. The summed E-state index contributed by atoms with van der Waals surface area (Å²) in [5.74, 6) is 1.16. The number of aryl methyl sites for hydroxylation is 1. The van der Waals surface area contributed by atoms with E-state index in [1.807, 2.05) is 54.6 Å². The van der Waals surface area contributed by atoms with Gasteiger partial charge in [0.05, 0.1) is 6.20 Å². The van der Waals surface area contributed by atoms with Crippen LogP contribution in [0.1, 0.15) is 18.4 Å². The fraction of sp³-hybridized carbons (Fsp3) is 0.250. The van der Waals surface area contributed by atoms with Gasteiger partial charge in [0.15, 0.2) is 11.5 Å². The van der Waals surface area contributed by atoms with Crippen LogP contribution in [0, 0.1) is 0 Å². The van der Waals surface area contributed by atoms with Gasteiger partial charge >= 0.3 is 11.7 Å². The summed E-state index contributed by atoms with van der Waals surface area (Å²) in [5.41, 5.74) is 2.26. The van der Waals surface area contributed by atoms with Crippen LogP contribution >= 0.6 is 0 Å². The van der Waals surface area contributed by atoms with Gasteiger partial charge in [-0.3, -0.25) is 4.57 Å². The van der Waals surface area contributed by atoms with Crippen LogP contribution in [0.4, 0.5) is 4.79 Å². The largest absolute Gasteiger partial charge is 0.489 e. The van der Waals surface area contributed by atoms with Gasteiger partial charge in [-0.2, -0.15) is 0 Å². The summed E-state index contributed by atoms with van der Waals surface area (Å²) < 4.78 is 8.48. The van der Waals surface area contributed by atoms with Crippen LogP contribution in [0.5, 0.6) is 5.75 Å². The van der Waals surface area contributed by atoms with Crippen molar-refractivity contribution in [3.05, 3.63) is 76.8 Å². The molecule has 0 atom stereocenters. The molecule has 0 N–H and O–H groups in total. The number of carbonyl (C=O) groups is 1. The third-order valence-corrected chi connectivity index (χ3v) is 5.70. The molecule has 0 aliphatic carbocycles. The fourth-order valence-corrected chi connectivity index (χ4v) is 3.95. The highest BCUT2D eigenvalue weighted by molar-refractivity contribution is 5.88. The Hall–Kier alpha value is -3.94. The molecular weight excluding hydrogens is 406 g/mol. The Kier molecular flexibility index (Phi) is 5.18. The Morgan fingerprint density at radius 3 is 2.62 bits per heavy atom. The number of nitrogens with zero attached hydrogens (tertiary/aromatic N) is 5. The van der Waals surface area contributed by atoms with Gasteiger partial charge in [-0.1, -0.05) is 42.5 Å². The van der Waals surface area contributed by atoms with Crippen molar-refractivity contribution in [2.24, 2.45) is 7.05 Å². The predicted octanol–water partition coefficient (Wildman–Crippen LogP) is 3.44. The summed E-state index contributed by atoms with van der Waals surface area (Å²) in [6, 6.07) is 17.1. The number of rotatable bonds is 4. The molecule has 0 bridgehead atoms. The van der Waals surface area contributed by atoms with Crippen molar-refractivity contribution in [3.8, 4) is 17.1 Å². The van der Waals surface area contributed by atoms with Gasteiger partial charge in [-0.25, -0.2) is 24.1 Å². The molecular formula is C24H23N5O3. The topological polar surface area (TPSA) is 82.2 Å². The molecule has 4 aromatic rings. The van der Waals surface area contributed by atoms with E-state index in [2.05, 4.69) is 9.97 Å². The van der Waals surface area contributed by atoms with E-state index in [0.29, 0.717) is 42.4 Å². The average Bonchev–Trinajstić information content (AvgIpc) is 3.46. The quantitative estimate of drug-likeness (QED) is 0.496. The Labute approximate surface area is 184 Å². The number of likely N-dealkylation sites (tertiary alicyclic amines) is 1. The molecule has 0 saturated carbocycles. The first kappa shape index (κ1) is 20.0. The molecule has 5 rings (SSSR count). The van der Waals surface area contributed by atoms with Crippen molar-refractivity contribution < 1.29 is 9.53 Å². The van der Waals surface area contributed by atoms with Crippen molar-refractivity contribution in [1.29, 1.82) is 0 Å². The lowest BCUT2D eigenvalue weighted by atomic mass is 10.2.